The molecule has 0 aliphatic rings. The molecule has 2 aromatic carbocycles. The van der Waals surface area contributed by atoms with E-state index in [-0.39, 0.29) is 24.1 Å². The summed E-state index contributed by atoms with van der Waals surface area (Å²) in [6, 6.07) is 10.9. The lowest BCUT2D eigenvalue weighted by Gasteiger charge is -2.19. The van der Waals surface area contributed by atoms with Gasteiger partial charge in [-0.1, -0.05) is 26.0 Å². The van der Waals surface area contributed by atoms with Gasteiger partial charge in [-0.15, -0.1) is 0 Å². The van der Waals surface area contributed by atoms with Crippen LogP contribution in [0.3, 0.4) is 0 Å². The highest BCUT2D eigenvalue weighted by Gasteiger charge is 2.18. The van der Waals surface area contributed by atoms with Crippen LogP contribution in [0.5, 0.6) is 11.5 Å². The van der Waals surface area contributed by atoms with E-state index in [0.29, 0.717) is 40.4 Å². The maximum absolute atomic E-state index is 13.7. The van der Waals surface area contributed by atoms with Gasteiger partial charge in [0.05, 0.1) is 24.6 Å². The van der Waals surface area contributed by atoms with Crippen LogP contribution < -0.4 is 20.3 Å². The van der Waals surface area contributed by atoms with E-state index < -0.39 is 0 Å². The molecule has 0 bridgehead atoms. The standard InChI is InChI=1S/C29H40N4O4/c1-7-13-32(8-2)14-10-15-37-26-18-24-25(16-21(26)5)31-28(22-11-9-12-23(17-22)36-6)33(29(24)35)19-27(34)30-20(3)4/h9,11-12,16-18,20H,7-8,10,13-15,19H2,1-6H3,(H,30,34). The number of ether oxygens (including phenoxy) is 2. The largest absolute Gasteiger partial charge is 0.497 e. The second-order valence-corrected chi connectivity index (χ2v) is 9.55. The van der Waals surface area contributed by atoms with Crippen molar-refractivity contribution in [3.63, 3.8) is 0 Å². The first kappa shape index (κ1) is 28.2. The van der Waals surface area contributed by atoms with Crippen LogP contribution >= 0.6 is 0 Å². The molecule has 1 amide bonds. The minimum absolute atomic E-state index is 0.0412. The van der Waals surface area contributed by atoms with Crippen molar-refractivity contribution in [1.29, 1.82) is 0 Å². The first-order chi connectivity index (χ1) is 17.8. The summed E-state index contributed by atoms with van der Waals surface area (Å²) in [4.78, 5) is 33.7. The topological polar surface area (TPSA) is 85.7 Å². The number of nitrogens with one attached hydrogen (secondary N) is 1. The lowest BCUT2D eigenvalue weighted by Crippen LogP contribution is -2.37. The van der Waals surface area contributed by atoms with Crippen molar-refractivity contribution in [2.75, 3.05) is 33.4 Å². The van der Waals surface area contributed by atoms with Gasteiger partial charge in [0.15, 0.2) is 0 Å². The molecule has 0 radical (unpaired) electrons. The van der Waals surface area contributed by atoms with Crippen LogP contribution in [-0.2, 0) is 11.3 Å². The fraction of sp³-hybridized carbons (Fsp3) is 0.483. The summed E-state index contributed by atoms with van der Waals surface area (Å²) in [5.74, 6) is 1.47. The van der Waals surface area contributed by atoms with Crippen molar-refractivity contribution in [3.8, 4) is 22.9 Å². The van der Waals surface area contributed by atoms with Gasteiger partial charge in [0.1, 0.15) is 23.9 Å². The molecule has 0 aliphatic heterocycles. The number of hydrogen-bond donors (Lipinski definition) is 1. The molecule has 0 atom stereocenters. The molecular weight excluding hydrogens is 468 g/mol. The molecule has 3 rings (SSSR count). The van der Waals surface area contributed by atoms with E-state index in [4.69, 9.17) is 14.5 Å². The van der Waals surface area contributed by atoms with Crippen molar-refractivity contribution in [2.45, 2.75) is 60.0 Å². The molecule has 0 saturated heterocycles. The maximum atomic E-state index is 13.7. The van der Waals surface area contributed by atoms with Gasteiger partial charge in [-0.05, 0) is 76.5 Å². The molecule has 0 spiro atoms. The van der Waals surface area contributed by atoms with E-state index >= 15 is 0 Å². The van der Waals surface area contributed by atoms with Crippen molar-refractivity contribution in [2.24, 2.45) is 0 Å². The molecule has 0 aliphatic carbocycles. The number of rotatable bonds is 13. The van der Waals surface area contributed by atoms with Crippen molar-refractivity contribution < 1.29 is 14.3 Å². The molecule has 0 unspecified atom stereocenters. The van der Waals surface area contributed by atoms with Gasteiger partial charge in [0.2, 0.25) is 5.91 Å². The number of carbonyl (C=O) groups excluding carboxylic acids is 1. The summed E-state index contributed by atoms with van der Waals surface area (Å²) in [7, 11) is 1.59. The van der Waals surface area contributed by atoms with Gasteiger partial charge in [-0.2, -0.15) is 0 Å². The number of aryl methyl sites for hydroxylation is 1. The minimum atomic E-state index is -0.285. The molecular formula is C29H40N4O4. The third-order valence-electron chi connectivity index (χ3n) is 6.19. The Morgan fingerprint density at radius 3 is 2.62 bits per heavy atom. The van der Waals surface area contributed by atoms with Gasteiger partial charge in [0.25, 0.3) is 5.56 Å². The van der Waals surface area contributed by atoms with Crippen LogP contribution in [0.15, 0.2) is 41.2 Å². The van der Waals surface area contributed by atoms with Gasteiger partial charge in [-0.3, -0.25) is 14.2 Å². The van der Waals surface area contributed by atoms with Crippen LogP contribution in [0.25, 0.3) is 22.3 Å². The highest BCUT2D eigenvalue weighted by Crippen LogP contribution is 2.27. The van der Waals surface area contributed by atoms with E-state index in [1.807, 2.05) is 51.1 Å². The summed E-state index contributed by atoms with van der Waals surface area (Å²) >= 11 is 0. The fourth-order valence-corrected chi connectivity index (χ4v) is 4.36. The molecule has 0 fully saturated rings. The Kier molecular flexibility index (Phi) is 10.1. The zero-order valence-corrected chi connectivity index (χ0v) is 23.0. The fourth-order valence-electron chi connectivity index (χ4n) is 4.36. The Hall–Kier alpha value is -3.39. The van der Waals surface area contributed by atoms with E-state index in [1.165, 1.54) is 4.57 Å². The highest BCUT2D eigenvalue weighted by atomic mass is 16.5. The van der Waals surface area contributed by atoms with Gasteiger partial charge in [0, 0.05) is 18.2 Å². The summed E-state index contributed by atoms with van der Waals surface area (Å²) in [6.07, 6.45) is 2.03. The molecule has 0 saturated carbocycles. The quantitative estimate of drug-likeness (QED) is 0.344. The molecule has 1 aromatic heterocycles. The number of methoxy groups -OCH3 is 1. The number of nitrogens with zero attached hydrogens (tertiary/aromatic N) is 3. The first-order valence-corrected chi connectivity index (χ1v) is 13.1. The minimum Gasteiger partial charge on any atom is -0.497 e. The zero-order chi connectivity index (χ0) is 26.9. The predicted molar refractivity (Wildman–Crippen MR) is 149 cm³/mol. The molecule has 37 heavy (non-hydrogen) atoms. The number of hydrogen-bond acceptors (Lipinski definition) is 6. The van der Waals surface area contributed by atoms with Crippen LogP contribution in [0.2, 0.25) is 0 Å². The van der Waals surface area contributed by atoms with Crippen LogP contribution in [-0.4, -0.2) is 59.8 Å². The van der Waals surface area contributed by atoms with E-state index in [0.717, 1.165) is 38.0 Å². The normalized spacial score (nSPS) is 11.4. The maximum Gasteiger partial charge on any atom is 0.262 e. The highest BCUT2D eigenvalue weighted by molar-refractivity contribution is 5.84. The average Bonchev–Trinajstić information content (AvgIpc) is 2.87. The van der Waals surface area contributed by atoms with Gasteiger partial charge >= 0.3 is 0 Å². The third-order valence-corrected chi connectivity index (χ3v) is 6.19. The lowest BCUT2D eigenvalue weighted by atomic mass is 10.1. The Bertz CT molecular complexity index is 1270. The zero-order valence-electron chi connectivity index (χ0n) is 23.0. The summed E-state index contributed by atoms with van der Waals surface area (Å²) in [6.45, 7) is 13.6. The number of aromatic nitrogens is 2. The monoisotopic (exact) mass is 508 g/mol. The number of benzene rings is 2. The second-order valence-electron chi connectivity index (χ2n) is 9.55. The smallest absolute Gasteiger partial charge is 0.262 e. The lowest BCUT2D eigenvalue weighted by molar-refractivity contribution is -0.122. The van der Waals surface area contributed by atoms with Crippen LogP contribution in [0.1, 0.15) is 46.1 Å². The summed E-state index contributed by atoms with van der Waals surface area (Å²) in [5, 5.41) is 3.29. The molecule has 200 valence electrons. The number of carbonyl (C=O) groups is 1. The predicted octanol–water partition coefficient (Wildman–Crippen LogP) is 4.41. The van der Waals surface area contributed by atoms with Gasteiger partial charge < -0.3 is 19.7 Å². The van der Waals surface area contributed by atoms with Gasteiger partial charge in [-0.25, -0.2) is 4.98 Å². The third kappa shape index (κ3) is 7.32. The molecule has 1 heterocycles. The van der Waals surface area contributed by atoms with E-state index in [1.54, 1.807) is 13.2 Å². The Labute approximate surface area is 219 Å². The van der Waals surface area contributed by atoms with E-state index in [2.05, 4.69) is 24.1 Å². The summed E-state index contributed by atoms with van der Waals surface area (Å²) in [5.41, 5.74) is 1.88. The number of fused-ring (bicyclic) bond motifs is 1. The molecule has 8 nitrogen and oxygen atoms in total. The molecule has 3 aromatic rings. The van der Waals surface area contributed by atoms with Crippen molar-refractivity contribution in [3.05, 3.63) is 52.3 Å². The Morgan fingerprint density at radius 1 is 1.16 bits per heavy atom. The second kappa shape index (κ2) is 13.2. The van der Waals surface area contributed by atoms with Crippen LogP contribution in [0.4, 0.5) is 0 Å². The first-order valence-electron chi connectivity index (χ1n) is 13.1. The Morgan fingerprint density at radius 2 is 1.95 bits per heavy atom. The molecule has 1 N–H and O–H groups in total. The van der Waals surface area contributed by atoms with Crippen molar-refractivity contribution >= 4 is 16.8 Å². The summed E-state index contributed by atoms with van der Waals surface area (Å²) < 4.78 is 12.9. The molecule has 8 heteroatoms. The Balaban J connectivity index is 1.99. The number of amides is 1. The SMILES string of the molecule is CCCN(CC)CCCOc1cc2c(=O)n(CC(=O)NC(C)C)c(-c3cccc(OC)c3)nc2cc1C. The van der Waals surface area contributed by atoms with E-state index in [9.17, 15) is 9.59 Å². The average molecular weight is 509 g/mol. The van der Waals surface area contributed by atoms with Crippen molar-refractivity contribution in [1.82, 2.24) is 19.8 Å². The van der Waals surface area contributed by atoms with Crippen LogP contribution in [0, 0.1) is 6.92 Å².